The molecule has 0 aromatic rings. The number of fused-ring (bicyclic) bond motifs is 1. The number of hydrogen-bond donors (Lipinski definition) is 1. The minimum absolute atomic E-state index is 0.312. The molecule has 3 nitrogen and oxygen atoms in total. The van der Waals surface area contributed by atoms with Gasteiger partial charge in [-0.15, -0.1) is 0 Å². The molecule has 3 saturated heterocycles. The number of hydrogen-bond acceptors (Lipinski definition) is 3. The van der Waals surface area contributed by atoms with Crippen molar-refractivity contribution in [3.8, 4) is 0 Å². The van der Waals surface area contributed by atoms with Gasteiger partial charge in [-0.05, 0) is 6.42 Å². The normalized spacial score (nSPS) is 58.5. The zero-order chi connectivity index (χ0) is 6.72. The minimum Gasteiger partial charge on any atom is -0.370 e. The average Bonchev–Trinajstić information content (AvgIpc) is 2.44. The highest BCUT2D eigenvalue weighted by molar-refractivity contribution is 5.10. The predicted octanol–water partition coefficient (Wildman–Crippen LogP) is -0.831. The molecular formula is C7H12N2O. The molecular weight excluding hydrogens is 128 g/mol. The summed E-state index contributed by atoms with van der Waals surface area (Å²) in [5.74, 6) is 0. The smallest absolute Gasteiger partial charge is 0.0873 e. The Balaban J connectivity index is 2.01. The molecule has 3 fully saturated rings. The van der Waals surface area contributed by atoms with E-state index in [1.54, 1.807) is 0 Å². The third-order valence-corrected chi connectivity index (χ3v) is 3.09. The highest BCUT2D eigenvalue weighted by Gasteiger charge is 2.55. The molecule has 0 radical (unpaired) electrons. The van der Waals surface area contributed by atoms with E-state index in [0.717, 1.165) is 6.54 Å². The van der Waals surface area contributed by atoms with Crippen molar-refractivity contribution in [3.05, 3.63) is 0 Å². The lowest BCUT2D eigenvalue weighted by atomic mass is 10.1. The summed E-state index contributed by atoms with van der Waals surface area (Å²) in [6, 6.07) is 0.887. The first-order valence-corrected chi connectivity index (χ1v) is 4.01. The van der Waals surface area contributed by atoms with Gasteiger partial charge in [-0.2, -0.15) is 0 Å². The number of nitrogens with two attached hydrogens (primary N) is 1. The van der Waals surface area contributed by atoms with E-state index in [2.05, 4.69) is 4.90 Å². The maximum absolute atomic E-state index is 5.94. The van der Waals surface area contributed by atoms with Crippen LogP contribution in [0.3, 0.4) is 0 Å². The van der Waals surface area contributed by atoms with Crippen LogP contribution in [0.5, 0.6) is 0 Å². The standard InChI is InChI=1S/C7H12N2O/c8-6-5-3-9-2-1-4(10-5)7(6)9/h4-7H,1-3,8H2/t4-,5+,6-,7?/m0/s1. The van der Waals surface area contributed by atoms with E-state index in [4.69, 9.17) is 10.5 Å². The van der Waals surface area contributed by atoms with Gasteiger partial charge < -0.3 is 10.5 Å². The van der Waals surface area contributed by atoms with Crippen LogP contribution in [0.2, 0.25) is 0 Å². The van der Waals surface area contributed by atoms with Crippen LogP contribution in [0.15, 0.2) is 0 Å². The number of rotatable bonds is 0. The molecule has 1 unspecified atom stereocenters. The van der Waals surface area contributed by atoms with E-state index >= 15 is 0 Å². The average molecular weight is 140 g/mol. The van der Waals surface area contributed by atoms with Crippen LogP contribution in [0.4, 0.5) is 0 Å². The quantitative estimate of drug-likeness (QED) is 0.477. The molecule has 3 aliphatic rings. The summed E-state index contributed by atoms with van der Waals surface area (Å²) in [6.07, 6.45) is 2.04. The Kier molecular flexibility index (Phi) is 0.854. The number of ether oxygens (including phenoxy) is 1. The first-order valence-electron chi connectivity index (χ1n) is 4.01. The third-order valence-electron chi connectivity index (χ3n) is 3.09. The number of nitrogens with zero attached hydrogens (tertiary/aromatic N) is 1. The minimum atomic E-state index is 0.312. The fraction of sp³-hybridized carbons (Fsp3) is 1.00. The van der Waals surface area contributed by atoms with Crippen molar-refractivity contribution >= 4 is 0 Å². The number of morpholine rings is 1. The van der Waals surface area contributed by atoms with Crippen molar-refractivity contribution in [3.63, 3.8) is 0 Å². The maximum atomic E-state index is 5.94. The van der Waals surface area contributed by atoms with Crippen LogP contribution in [-0.4, -0.2) is 42.3 Å². The summed E-state index contributed by atoms with van der Waals surface area (Å²) in [4.78, 5) is 2.48. The lowest BCUT2D eigenvalue weighted by Gasteiger charge is -2.21. The largest absolute Gasteiger partial charge is 0.370 e. The second kappa shape index (κ2) is 1.55. The zero-order valence-corrected chi connectivity index (χ0v) is 5.86. The predicted molar refractivity (Wildman–Crippen MR) is 36.6 cm³/mol. The lowest BCUT2D eigenvalue weighted by molar-refractivity contribution is 0.00885. The molecule has 0 aromatic carbocycles. The van der Waals surface area contributed by atoms with Crippen LogP contribution in [0.25, 0.3) is 0 Å². The van der Waals surface area contributed by atoms with Crippen molar-refractivity contribution in [2.75, 3.05) is 13.1 Å². The molecule has 0 spiro atoms. The SMILES string of the molecule is N[C@@H]1C2[C@@H]3CCN2C[C@H]1O3. The molecule has 0 aromatic heterocycles. The fourth-order valence-electron chi connectivity index (χ4n) is 2.63. The molecule has 0 saturated carbocycles. The van der Waals surface area contributed by atoms with Gasteiger partial charge in [-0.3, -0.25) is 4.90 Å². The van der Waals surface area contributed by atoms with Crippen LogP contribution < -0.4 is 5.73 Å². The topological polar surface area (TPSA) is 38.5 Å². The zero-order valence-electron chi connectivity index (χ0n) is 5.86. The van der Waals surface area contributed by atoms with Gasteiger partial charge in [0.2, 0.25) is 0 Å². The highest BCUT2D eigenvalue weighted by atomic mass is 16.5. The second-order valence-electron chi connectivity index (χ2n) is 3.56. The van der Waals surface area contributed by atoms with Crippen LogP contribution in [0, 0.1) is 0 Å². The monoisotopic (exact) mass is 140 g/mol. The summed E-state index contributed by atoms with van der Waals surface area (Å²) in [5, 5.41) is 0. The van der Waals surface area contributed by atoms with Crippen molar-refractivity contribution < 1.29 is 4.74 Å². The third kappa shape index (κ3) is 0.447. The highest BCUT2D eigenvalue weighted by Crippen LogP contribution is 2.38. The molecule has 3 rings (SSSR count). The van der Waals surface area contributed by atoms with Gasteiger partial charge in [-0.1, -0.05) is 0 Å². The van der Waals surface area contributed by atoms with Crippen molar-refractivity contribution in [2.24, 2.45) is 5.73 Å². The first kappa shape index (κ1) is 5.52. The summed E-state index contributed by atoms with van der Waals surface area (Å²) in [6.45, 7) is 2.29. The summed E-state index contributed by atoms with van der Waals surface area (Å²) in [5.41, 5.74) is 5.94. The fourth-order valence-corrected chi connectivity index (χ4v) is 2.63. The van der Waals surface area contributed by atoms with Crippen LogP contribution >= 0.6 is 0 Å². The molecule has 3 aliphatic heterocycles. The lowest BCUT2D eigenvalue weighted by Crippen LogP contribution is -2.38. The second-order valence-corrected chi connectivity index (χ2v) is 3.56. The van der Waals surface area contributed by atoms with Gasteiger partial charge in [0.25, 0.3) is 0 Å². The van der Waals surface area contributed by atoms with Crippen molar-refractivity contribution in [1.82, 2.24) is 4.90 Å². The van der Waals surface area contributed by atoms with E-state index in [1.165, 1.54) is 13.0 Å². The molecule has 0 aliphatic carbocycles. The van der Waals surface area contributed by atoms with E-state index in [1.807, 2.05) is 0 Å². The molecule has 10 heavy (non-hydrogen) atoms. The molecule has 2 N–H and O–H groups in total. The Morgan fingerprint density at radius 3 is 2.90 bits per heavy atom. The summed E-state index contributed by atoms with van der Waals surface area (Å²) >= 11 is 0. The van der Waals surface area contributed by atoms with Crippen LogP contribution in [-0.2, 0) is 4.74 Å². The Morgan fingerprint density at radius 2 is 2.30 bits per heavy atom. The van der Waals surface area contributed by atoms with Gasteiger partial charge in [0, 0.05) is 13.1 Å². The van der Waals surface area contributed by atoms with Crippen molar-refractivity contribution in [2.45, 2.75) is 30.7 Å². The molecule has 0 amide bonds. The van der Waals surface area contributed by atoms with Gasteiger partial charge in [0.15, 0.2) is 0 Å². The van der Waals surface area contributed by atoms with E-state index < -0.39 is 0 Å². The summed E-state index contributed by atoms with van der Waals surface area (Å²) < 4.78 is 5.70. The first-order chi connectivity index (χ1) is 4.86. The molecule has 2 bridgehead atoms. The Labute approximate surface area is 60.1 Å². The van der Waals surface area contributed by atoms with Gasteiger partial charge in [0.1, 0.15) is 0 Å². The molecule has 4 atom stereocenters. The van der Waals surface area contributed by atoms with E-state index in [-0.39, 0.29) is 0 Å². The Bertz CT molecular complexity index is 156. The van der Waals surface area contributed by atoms with E-state index in [0.29, 0.717) is 24.3 Å². The van der Waals surface area contributed by atoms with E-state index in [9.17, 15) is 0 Å². The maximum Gasteiger partial charge on any atom is 0.0873 e. The Hall–Kier alpha value is -0.120. The molecule has 3 heterocycles. The van der Waals surface area contributed by atoms with Gasteiger partial charge in [-0.25, -0.2) is 0 Å². The summed E-state index contributed by atoms with van der Waals surface area (Å²) in [7, 11) is 0. The van der Waals surface area contributed by atoms with Gasteiger partial charge >= 0.3 is 0 Å². The van der Waals surface area contributed by atoms with Crippen molar-refractivity contribution in [1.29, 1.82) is 0 Å². The molecule has 3 heteroatoms. The Morgan fingerprint density at radius 1 is 1.40 bits per heavy atom. The van der Waals surface area contributed by atoms with Gasteiger partial charge in [0.05, 0.1) is 24.3 Å². The van der Waals surface area contributed by atoms with Crippen LogP contribution in [0.1, 0.15) is 6.42 Å². The molecule has 56 valence electrons.